The number of halogens is 1. The lowest BCUT2D eigenvalue weighted by molar-refractivity contribution is 0.0526. The van der Waals surface area contributed by atoms with Crippen molar-refractivity contribution >= 4 is 40.6 Å². The van der Waals surface area contributed by atoms with Crippen molar-refractivity contribution in [1.29, 1.82) is 0 Å². The number of thiocarbonyl (C=S) groups is 1. The van der Waals surface area contributed by atoms with Crippen molar-refractivity contribution in [2.45, 2.75) is 13.5 Å². The normalized spacial score (nSPS) is 10.0. The van der Waals surface area contributed by atoms with Gasteiger partial charge in [-0.2, -0.15) is 0 Å². The highest BCUT2D eigenvalue weighted by molar-refractivity contribution is 7.80. The first kappa shape index (κ1) is 19.0. The number of carbonyl (C=O) groups is 1. The fraction of sp³-hybridized carbons (Fsp3) is 0.222. The molecule has 5 nitrogen and oxygen atoms in total. The maximum absolute atomic E-state index is 11.7. The van der Waals surface area contributed by atoms with Crippen LogP contribution >= 0.6 is 23.8 Å². The maximum Gasteiger partial charge on any atom is 0.339 e. The second-order valence-electron chi connectivity index (χ2n) is 5.03. The number of methoxy groups -OCH3 is 1. The van der Waals surface area contributed by atoms with Gasteiger partial charge in [0, 0.05) is 17.8 Å². The smallest absolute Gasteiger partial charge is 0.339 e. The van der Waals surface area contributed by atoms with Crippen molar-refractivity contribution in [1.82, 2.24) is 5.32 Å². The van der Waals surface area contributed by atoms with Crippen molar-refractivity contribution in [3.63, 3.8) is 0 Å². The van der Waals surface area contributed by atoms with Crippen molar-refractivity contribution < 1.29 is 14.3 Å². The van der Waals surface area contributed by atoms with E-state index in [2.05, 4.69) is 10.6 Å². The quantitative estimate of drug-likeness (QED) is 0.585. The molecular formula is C18H19ClN2O3S. The number of para-hydroxylation sites is 1. The molecule has 0 heterocycles. The molecule has 0 radical (unpaired) electrons. The van der Waals surface area contributed by atoms with Gasteiger partial charge in [0.15, 0.2) is 5.11 Å². The van der Waals surface area contributed by atoms with Gasteiger partial charge in [-0.05, 0) is 43.4 Å². The zero-order valence-corrected chi connectivity index (χ0v) is 15.5. The number of rotatable bonds is 6. The number of anilines is 1. The predicted molar refractivity (Wildman–Crippen MR) is 103 cm³/mol. The SMILES string of the molecule is CCOC(=O)c1ccc(NC(=S)NCc2ccccc2OC)cc1Cl. The van der Waals surface area contributed by atoms with Gasteiger partial charge in [0.1, 0.15) is 5.75 Å². The Morgan fingerprint density at radius 1 is 1.24 bits per heavy atom. The molecule has 0 bridgehead atoms. The molecule has 0 saturated carbocycles. The van der Waals surface area contributed by atoms with Gasteiger partial charge in [-0.25, -0.2) is 4.79 Å². The number of ether oxygens (including phenoxy) is 2. The molecule has 132 valence electrons. The molecule has 0 amide bonds. The van der Waals surface area contributed by atoms with Gasteiger partial charge in [0.25, 0.3) is 0 Å². The van der Waals surface area contributed by atoms with Gasteiger partial charge in [-0.3, -0.25) is 0 Å². The number of carbonyl (C=O) groups excluding carboxylic acids is 1. The molecule has 2 rings (SSSR count). The van der Waals surface area contributed by atoms with Crippen molar-refractivity contribution in [3.8, 4) is 5.75 Å². The lowest BCUT2D eigenvalue weighted by Gasteiger charge is -2.13. The Morgan fingerprint density at radius 2 is 2.00 bits per heavy atom. The molecule has 0 aliphatic heterocycles. The van der Waals surface area contributed by atoms with Crippen LogP contribution < -0.4 is 15.4 Å². The Labute approximate surface area is 157 Å². The van der Waals surface area contributed by atoms with Crippen molar-refractivity contribution in [2.75, 3.05) is 19.0 Å². The van der Waals surface area contributed by atoms with E-state index in [1.807, 2.05) is 24.3 Å². The van der Waals surface area contributed by atoms with E-state index in [1.165, 1.54) is 0 Å². The summed E-state index contributed by atoms with van der Waals surface area (Å²) in [5, 5.41) is 6.87. The maximum atomic E-state index is 11.7. The first-order valence-corrected chi connectivity index (χ1v) is 8.47. The average Bonchev–Trinajstić information content (AvgIpc) is 2.60. The third-order valence-electron chi connectivity index (χ3n) is 3.35. The molecule has 7 heteroatoms. The van der Waals surface area contributed by atoms with E-state index in [9.17, 15) is 4.79 Å². The van der Waals surface area contributed by atoms with Gasteiger partial charge >= 0.3 is 5.97 Å². The number of benzene rings is 2. The molecule has 2 N–H and O–H groups in total. The van der Waals surface area contributed by atoms with Gasteiger partial charge in [-0.15, -0.1) is 0 Å². The number of esters is 1. The minimum Gasteiger partial charge on any atom is -0.496 e. The van der Waals surface area contributed by atoms with Crippen molar-refractivity contribution in [3.05, 3.63) is 58.6 Å². The van der Waals surface area contributed by atoms with Crippen LogP contribution in [0.4, 0.5) is 5.69 Å². The number of nitrogens with one attached hydrogen (secondary N) is 2. The summed E-state index contributed by atoms with van der Waals surface area (Å²) in [5.41, 5.74) is 1.99. The Kier molecular flexibility index (Phi) is 7.03. The van der Waals surface area contributed by atoms with Crippen LogP contribution in [-0.4, -0.2) is 24.8 Å². The Balaban J connectivity index is 1.96. The summed E-state index contributed by atoms with van der Waals surface area (Å²) in [4.78, 5) is 11.7. The van der Waals surface area contributed by atoms with Crippen LogP contribution in [0.15, 0.2) is 42.5 Å². The molecule has 0 unspecified atom stereocenters. The molecule has 2 aromatic carbocycles. The van der Waals surface area contributed by atoms with Gasteiger partial charge < -0.3 is 20.1 Å². The van der Waals surface area contributed by atoms with Gasteiger partial charge in [0.05, 0.1) is 24.3 Å². The minimum atomic E-state index is -0.448. The van der Waals surface area contributed by atoms with Gasteiger partial charge in [0.2, 0.25) is 0 Å². The van der Waals surface area contributed by atoms with Crippen LogP contribution in [0.25, 0.3) is 0 Å². The van der Waals surface area contributed by atoms with E-state index in [0.717, 1.165) is 11.3 Å². The first-order chi connectivity index (χ1) is 12.0. The second kappa shape index (κ2) is 9.25. The van der Waals surface area contributed by atoms with E-state index >= 15 is 0 Å². The van der Waals surface area contributed by atoms with E-state index in [4.69, 9.17) is 33.3 Å². The molecule has 0 atom stereocenters. The third kappa shape index (κ3) is 5.34. The van der Waals surface area contributed by atoms with Crippen molar-refractivity contribution in [2.24, 2.45) is 0 Å². The monoisotopic (exact) mass is 378 g/mol. The van der Waals surface area contributed by atoms with E-state index in [1.54, 1.807) is 32.2 Å². The molecule has 2 aromatic rings. The molecule has 0 fully saturated rings. The third-order valence-corrected chi connectivity index (χ3v) is 3.91. The summed E-state index contributed by atoms with van der Waals surface area (Å²) in [6.45, 7) is 2.56. The fourth-order valence-corrected chi connectivity index (χ4v) is 2.61. The zero-order chi connectivity index (χ0) is 18.2. The summed E-state index contributed by atoms with van der Waals surface area (Å²) in [5.74, 6) is 0.343. The summed E-state index contributed by atoms with van der Waals surface area (Å²) in [6.07, 6.45) is 0. The zero-order valence-electron chi connectivity index (χ0n) is 14.0. The summed E-state index contributed by atoms with van der Waals surface area (Å²) >= 11 is 11.4. The van der Waals surface area contributed by atoms with E-state index in [-0.39, 0.29) is 0 Å². The molecule has 0 saturated heterocycles. The average molecular weight is 379 g/mol. The van der Waals surface area contributed by atoms with E-state index in [0.29, 0.717) is 34.5 Å². The predicted octanol–water partition coefficient (Wildman–Crippen LogP) is 4.01. The van der Waals surface area contributed by atoms with Crippen LogP contribution in [0.3, 0.4) is 0 Å². The van der Waals surface area contributed by atoms with Crippen LogP contribution in [0.1, 0.15) is 22.8 Å². The highest BCUT2D eigenvalue weighted by Gasteiger charge is 2.12. The summed E-state index contributed by atoms with van der Waals surface area (Å²) in [6, 6.07) is 12.6. The topological polar surface area (TPSA) is 59.6 Å². The van der Waals surface area contributed by atoms with Crippen LogP contribution in [0.5, 0.6) is 5.75 Å². The summed E-state index contributed by atoms with van der Waals surface area (Å²) < 4.78 is 10.2. The summed E-state index contributed by atoms with van der Waals surface area (Å²) in [7, 11) is 1.63. The Hall–Kier alpha value is -2.31. The molecule has 0 aliphatic rings. The molecule has 0 aromatic heterocycles. The largest absolute Gasteiger partial charge is 0.496 e. The van der Waals surface area contributed by atoms with Crippen LogP contribution in [0, 0.1) is 0 Å². The van der Waals surface area contributed by atoms with Crippen LogP contribution in [-0.2, 0) is 11.3 Å². The fourth-order valence-electron chi connectivity index (χ4n) is 2.17. The van der Waals surface area contributed by atoms with Crippen LogP contribution in [0.2, 0.25) is 5.02 Å². The highest BCUT2D eigenvalue weighted by atomic mass is 35.5. The van der Waals surface area contributed by atoms with E-state index < -0.39 is 5.97 Å². The lowest BCUT2D eigenvalue weighted by atomic mass is 10.2. The molecule has 0 aliphatic carbocycles. The molecule has 25 heavy (non-hydrogen) atoms. The first-order valence-electron chi connectivity index (χ1n) is 7.68. The second-order valence-corrected chi connectivity index (χ2v) is 5.85. The molecular weight excluding hydrogens is 360 g/mol. The Bertz CT molecular complexity index is 768. The lowest BCUT2D eigenvalue weighted by Crippen LogP contribution is -2.28. The number of hydrogen-bond donors (Lipinski definition) is 2. The Morgan fingerprint density at radius 3 is 2.68 bits per heavy atom. The number of hydrogen-bond acceptors (Lipinski definition) is 4. The minimum absolute atomic E-state index is 0.298. The molecule has 0 spiro atoms. The standard InChI is InChI=1S/C18H19ClN2O3S/c1-3-24-17(22)14-9-8-13(10-15(14)19)21-18(25)20-11-12-6-4-5-7-16(12)23-2/h4-10H,3,11H2,1-2H3,(H2,20,21,25). The van der Waals surface area contributed by atoms with Gasteiger partial charge in [-0.1, -0.05) is 29.8 Å². The highest BCUT2D eigenvalue weighted by Crippen LogP contribution is 2.22.